The molecule has 1 amide bonds. The van der Waals surface area contributed by atoms with Gasteiger partial charge in [-0.3, -0.25) is 4.79 Å². The normalized spacial score (nSPS) is 29.6. The highest BCUT2D eigenvalue weighted by atomic mass is 35.5. The van der Waals surface area contributed by atoms with E-state index in [4.69, 9.17) is 9.84 Å². The van der Waals surface area contributed by atoms with Crippen LogP contribution < -0.4 is 5.32 Å². The molecule has 5 nitrogen and oxygen atoms in total. The second-order valence-electron chi connectivity index (χ2n) is 4.50. The van der Waals surface area contributed by atoms with Gasteiger partial charge < -0.3 is 20.1 Å². The molecule has 0 saturated carbocycles. The Hall–Kier alpha value is -0.360. The predicted octanol–water partition coefficient (Wildman–Crippen LogP) is -0.372. The van der Waals surface area contributed by atoms with Gasteiger partial charge in [-0.25, -0.2) is 0 Å². The van der Waals surface area contributed by atoms with Gasteiger partial charge in [0.1, 0.15) is 0 Å². The van der Waals surface area contributed by atoms with E-state index in [1.165, 1.54) is 0 Å². The van der Waals surface area contributed by atoms with Gasteiger partial charge in [0.05, 0.1) is 25.2 Å². The van der Waals surface area contributed by atoms with Crippen LogP contribution in [-0.2, 0) is 9.53 Å². The minimum Gasteiger partial charge on any atom is -0.394 e. The van der Waals surface area contributed by atoms with Crippen LogP contribution >= 0.6 is 12.4 Å². The number of hydrogen-bond donors (Lipinski definition) is 2. The molecule has 0 aromatic rings. The zero-order valence-corrected chi connectivity index (χ0v) is 10.7. The lowest BCUT2D eigenvalue weighted by atomic mass is 9.98. The Balaban J connectivity index is 0.00000144. The molecule has 0 bridgehead atoms. The monoisotopic (exact) mass is 264 g/mol. The molecule has 0 aromatic heterocycles. The molecule has 17 heavy (non-hydrogen) atoms. The summed E-state index contributed by atoms with van der Waals surface area (Å²) in [7, 11) is 0. The average molecular weight is 265 g/mol. The second kappa shape index (κ2) is 7.16. The molecule has 2 N–H and O–H groups in total. The lowest BCUT2D eigenvalue weighted by molar-refractivity contribution is -0.145. The Morgan fingerprint density at radius 3 is 3.00 bits per heavy atom. The zero-order chi connectivity index (χ0) is 11.4. The Morgan fingerprint density at radius 1 is 1.53 bits per heavy atom. The molecule has 0 spiro atoms. The summed E-state index contributed by atoms with van der Waals surface area (Å²) in [5.74, 6) is 0.333. The number of aliphatic hydroxyl groups is 1. The molecule has 100 valence electrons. The summed E-state index contributed by atoms with van der Waals surface area (Å²) in [5.41, 5.74) is 0. The third-order valence-electron chi connectivity index (χ3n) is 3.30. The quantitative estimate of drug-likeness (QED) is 0.714. The molecule has 2 rings (SSSR count). The molecule has 0 aliphatic carbocycles. The van der Waals surface area contributed by atoms with Crippen LogP contribution in [0.25, 0.3) is 0 Å². The Bertz CT molecular complexity index is 247. The number of morpholine rings is 1. The number of nitrogens with zero attached hydrogens (tertiary/aromatic N) is 1. The molecule has 0 aromatic carbocycles. The largest absolute Gasteiger partial charge is 0.394 e. The van der Waals surface area contributed by atoms with Crippen molar-refractivity contribution >= 4 is 18.3 Å². The van der Waals surface area contributed by atoms with Crippen molar-refractivity contribution in [1.82, 2.24) is 10.2 Å². The maximum absolute atomic E-state index is 12.2. The first kappa shape index (κ1) is 14.7. The maximum Gasteiger partial charge on any atom is 0.227 e. The first-order valence-corrected chi connectivity index (χ1v) is 6.03. The number of halogens is 1. The number of piperidine rings is 1. The molecular formula is C11H21ClN2O3. The van der Waals surface area contributed by atoms with Crippen LogP contribution in [0.15, 0.2) is 0 Å². The number of carbonyl (C=O) groups is 1. The van der Waals surface area contributed by atoms with Gasteiger partial charge in [-0.2, -0.15) is 0 Å². The number of hydrogen-bond acceptors (Lipinski definition) is 4. The van der Waals surface area contributed by atoms with Gasteiger partial charge in [-0.15, -0.1) is 12.4 Å². The number of nitrogens with one attached hydrogen (secondary N) is 1. The molecular weight excluding hydrogens is 244 g/mol. The third kappa shape index (κ3) is 3.81. The van der Waals surface area contributed by atoms with Crippen molar-refractivity contribution in [2.45, 2.75) is 18.9 Å². The van der Waals surface area contributed by atoms with Gasteiger partial charge in [0.2, 0.25) is 5.91 Å². The fraction of sp³-hybridized carbons (Fsp3) is 0.909. The van der Waals surface area contributed by atoms with Gasteiger partial charge in [-0.05, 0) is 19.4 Å². The minimum absolute atomic E-state index is 0. The molecule has 2 fully saturated rings. The number of amides is 1. The number of ether oxygens (including phenoxy) is 1. The van der Waals surface area contributed by atoms with E-state index < -0.39 is 0 Å². The van der Waals surface area contributed by atoms with Gasteiger partial charge in [-0.1, -0.05) is 0 Å². The zero-order valence-electron chi connectivity index (χ0n) is 9.93. The van der Waals surface area contributed by atoms with Crippen molar-refractivity contribution in [3.05, 3.63) is 0 Å². The second-order valence-corrected chi connectivity index (χ2v) is 4.50. The average Bonchev–Trinajstić information content (AvgIpc) is 2.39. The first-order chi connectivity index (χ1) is 7.81. The number of aliphatic hydroxyl groups excluding tert-OH is 1. The molecule has 6 heteroatoms. The lowest BCUT2D eigenvalue weighted by Crippen LogP contribution is -2.51. The van der Waals surface area contributed by atoms with E-state index in [0.29, 0.717) is 19.7 Å². The van der Waals surface area contributed by atoms with Gasteiger partial charge in [0.25, 0.3) is 0 Å². The molecule has 1 unspecified atom stereocenters. The van der Waals surface area contributed by atoms with E-state index in [1.54, 1.807) is 0 Å². The van der Waals surface area contributed by atoms with Crippen molar-refractivity contribution in [2.24, 2.45) is 5.92 Å². The van der Waals surface area contributed by atoms with Gasteiger partial charge in [0.15, 0.2) is 0 Å². The molecule has 0 radical (unpaired) electrons. The lowest BCUT2D eigenvalue weighted by Gasteiger charge is -2.35. The van der Waals surface area contributed by atoms with Crippen molar-refractivity contribution in [3.8, 4) is 0 Å². The van der Waals surface area contributed by atoms with Gasteiger partial charge >= 0.3 is 0 Å². The summed E-state index contributed by atoms with van der Waals surface area (Å²) in [6.45, 7) is 3.54. The molecule has 2 aliphatic rings. The summed E-state index contributed by atoms with van der Waals surface area (Å²) < 4.78 is 5.34. The number of carbonyl (C=O) groups excluding carboxylic acids is 1. The van der Waals surface area contributed by atoms with Crippen molar-refractivity contribution in [3.63, 3.8) is 0 Å². The summed E-state index contributed by atoms with van der Waals surface area (Å²) in [6, 6.07) is 0. The van der Waals surface area contributed by atoms with Crippen molar-refractivity contribution in [2.75, 3.05) is 39.4 Å². The van der Waals surface area contributed by atoms with E-state index in [0.717, 1.165) is 25.9 Å². The highest BCUT2D eigenvalue weighted by molar-refractivity contribution is 5.85. The SMILES string of the molecule is Cl.O=C([C@@H]1CCCNC1)N1CCOC(CO)C1. The molecule has 2 saturated heterocycles. The van der Waals surface area contributed by atoms with Crippen LogP contribution in [0, 0.1) is 5.92 Å². The van der Waals surface area contributed by atoms with Crippen LogP contribution in [0.4, 0.5) is 0 Å². The maximum atomic E-state index is 12.2. The smallest absolute Gasteiger partial charge is 0.227 e. The van der Waals surface area contributed by atoms with Crippen LogP contribution in [0.5, 0.6) is 0 Å². The third-order valence-corrected chi connectivity index (χ3v) is 3.30. The minimum atomic E-state index is -0.200. The van der Waals surface area contributed by atoms with Crippen LogP contribution in [0.1, 0.15) is 12.8 Å². The Labute approximate surface area is 108 Å². The Morgan fingerprint density at radius 2 is 2.35 bits per heavy atom. The highest BCUT2D eigenvalue weighted by Gasteiger charge is 2.29. The summed E-state index contributed by atoms with van der Waals surface area (Å²) in [4.78, 5) is 14.0. The van der Waals surface area contributed by atoms with Gasteiger partial charge in [0, 0.05) is 19.6 Å². The highest BCUT2D eigenvalue weighted by Crippen LogP contribution is 2.15. The van der Waals surface area contributed by atoms with Crippen molar-refractivity contribution < 1.29 is 14.6 Å². The molecule has 2 aliphatic heterocycles. The predicted molar refractivity (Wildman–Crippen MR) is 66.2 cm³/mol. The number of rotatable bonds is 2. The van der Waals surface area contributed by atoms with Crippen LogP contribution in [0.3, 0.4) is 0 Å². The van der Waals surface area contributed by atoms with E-state index in [-0.39, 0.29) is 36.9 Å². The van der Waals surface area contributed by atoms with E-state index >= 15 is 0 Å². The van der Waals surface area contributed by atoms with E-state index in [2.05, 4.69) is 5.32 Å². The summed E-state index contributed by atoms with van der Waals surface area (Å²) in [5, 5.41) is 12.3. The van der Waals surface area contributed by atoms with Crippen LogP contribution in [0.2, 0.25) is 0 Å². The Kier molecular flexibility index (Phi) is 6.19. The molecule has 2 atom stereocenters. The van der Waals surface area contributed by atoms with E-state index in [9.17, 15) is 4.79 Å². The van der Waals surface area contributed by atoms with E-state index in [1.807, 2.05) is 4.90 Å². The van der Waals surface area contributed by atoms with Crippen molar-refractivity contribution in [1.29, 1.82) is 0 Å². The first-order valence-electron chi connectivity index (χ1n) is 6.03. The van der Waals surface area contributed by atoms with Crippen LogP contribution in [-0.4, -0.2) is 61.4 Å². The summed E-state index contributed by atoms with van der Waals surface area (Å²) in [6.07, 6.45) is 1.85. The summed E-state index contributed by atoms with van der Waals surface area (Å²) >= 11 is 0. The standard InChI is InChI=1S/C11H20N2O3.ClH/c14-8-10-7-13(4-5-16-10)11(15)9-2-1-3-12-6-9;/h9-10,12,14H,1-8H2;1H/t9-,10?;/m1./s1. The molecule has 2 heterocycles. The topological polar surface area (TPSA) is 61.8 Å². The fourth-order valence-corrected chi connectivity index (χ4v) is 2.35. The fourth-order valence-electron chi connectivity index (χ4n) is 2.35.